The molecule has 1 heterocycles. The Morgan fingerprint density at radius 2 is 1.90 bits per heavy atom. The molecule has 0 bridgehead atoms. The lowest BCUT2D eigenvalue weighted by Gasteiger charge is -2.09. The van der Waals surface area contributed by atoms with Crippen LogP contribution < -0.4 is 10.6 Å². The molecule has 154 valence electrons. The van der Waals surface area contributed by atoms with Crippen LogP contribution in [0.5, 0.6) is 0 Å². The van der Waals surface area contributed by atoms with E-state index in [-0.39, 0.29) is 5.91 Å². The third-order valence-corrected chi connectivity index (χ3v) is 5.02. The fourth-order valence-electron chi connectivity index (χ4n) is 3.27. The normalized spacial score (nSPS) is 11.2. The van der Waals surface area contributed by atoms with Gasteiger partial charge in [0.2, 0.25) is 5.95 Å². The Balaban J connectivity index is 1.72. The van der Waals surface area contributed by atoms with Crippen LogP contribution in [0.4, 0.5) is 5.95 Å². The number of unbranched alkanes of at least 4 members (excludes halogenated alkanes) is 2. The van der Waals surface area contributed by atoms with Gasteiger partial charge in [-0.2, -0.15) is 0 Å². The zero-order valence-corrected chi connectivity index (χ0v) is 17.7. The summed E-state index contributed by atoms with van der Waals surface area (Å²) in [4.78, 5) is 20.4. The molecule has 0 aliphatic carbocycles. The fraction of sp³-hybridized carbons (Fsp3) is 0.417. The van der Waals surface area contributed by atoms with Crippen LogP contribution >= 0.6 is 0 Å². The number of amides is 1. The van der Waals surface area contributed by atoms with E-state index in [0.29, 0.717) is 18.0 Å². The molecular weight excluding hydrogens is 360 g/mol. The first kappa shape index (κ1) is 20.9. The van der Waals surface area contributed by atoms with E-state index in [0.717, 1.165) is 47.5 Å². The quantitative estimate of drug-likeness (QED) is 0.393. The predicted octanol–water partition coefficient (Wildman–Crippen LogP) is 5.61. The van der Waals surface area contributed by atoms with Crippen molar-refractivity contribution in [2.24, 2.45) is 5.92 Å². The third kappa shape index (κ3) is 5.83. The minimum atomic E-state index is -0.0197. The summed E-state index contributed by atoms with van der Waals surface area (Å²) in [5.74, 6) is 1.37. The number of anilines is 1. The monoisotopic (exact) mass is 392 g/mol. The van der Waals surface area contributed by atoms with Crippen LogP contribution in [0.25, 0.3) is 22.2 Å². The van der Waals surface area contributed by atoms with Gasteiger partial charge >= 0.3 is 0 Å². The van der Waals surface area contributed by atoms with Gasteiger partial charge in [0.05, 0.1) is 11.0 Å². The minimum Gasteiger partial charge on any atom is -0.356 e. The highest BCUT2D eigenvalue weighted by Gasteiger charge is 2.09. The number of fused-ring (bicyclic) bond motifs is 1. The molecule has 3 N–H and O–H groups in total. The van der Waals surface area contributed by atoms with Gasteiger partial charge in [0.1, 0.15) is 0 Å². The molecule has 0 saturated carbocycles. The topological polar surface area (TPSA) is 69.8 Å². The van der Waals surface area contributed by atoms with E-state index in [1.54, 1.807) is 0 Å². The molecule has 0 radical (unpaired) electrons. The lowest BCUT2D eigenvalue weighted by Crippen LogP contribution is -2.25. The minimum absolute atomic E-state index is 0.0197. The Kier molecular flexibility index (Phi) is 7.28. The molecule has 5 nitrogen and oxygen atoms in total. The average molecular weight is 393 g/mol. The Labute approximate surface area is 173 Å². The van der Waals surface area contributed by atoms with Gasteiger partial charge in [-0.3, -0.25) is 4.79 Å². The highest BCUT2D eigenvalue weighted by molar-refractivity contribution is 5.95. The van der Waals surface area contributed by atoms with Crippen molar-refractivity contribution in [2.45, 2.75) is 46.5 Å². The van der Waals surface area contributed by atoms with E-state index in [4.69, 9.17) is 0 Å². The maximum atomic E-state index is 12.4. The van der Waals surface area contributed by atoms with Crippen molar-refractivity contribution >= 4 is 22.9 Å². The molecule has 1 amide bonds. The maximum absolute atomic E-state index is 12.4. The van der Waals surface area contributed by atoms with Crippen molar-refractivity contribution < 1.29 is 4.79 Å². The smallest absolute Gasteiger partial charge is 0.251 e. The maximum Gasteiger partial charge on any atom is 0.251 e. The lowest BCUT2D eigenvalue weighted by atomic mass is 10.0. The summed E-state index contributed by atoms with van der Waals surface area (Å²) in [5, 5.41) is 6.37. The van der Waals surface area contributed by atoms with Crippen LogP contribution in [-0.4, -0.2) is 29.0 Å². The largest absolute Gasteiger partial charge is 0.356 e. The van der Waals surface area contributed by atoms with Crippen molar-refractivity contribution in [2.75, 3.05) is 18.4 Å². The van der Waals surface area contributed by atoms with Crippen LogP contribution in [-0.2, 0) is 0 Å². The average Bonchev–Trinajstić information content (AvgIpc) is 3.13. The van der Waals surface area contributed by atoms with Gasteiger partial charge in [-0.05, 0) is 54.2 Å². The Morgan fingerprint density at radius 1 is 1.07 bits per heavy atom. The second kappa shape index (κ2) is 10.1. The summed E-state index contributed by atoms with van der Waals surface area (Å²) >= 11 is 0. The number of aromatic nitrogens is 2. The van der Waals surface area contributed by atoms with E-state index in [1.165, 1.54) is 12.8 Å². The Bertz CT molecular complexity index is 945. The van der Waals surface area contributed by atoms with Gasteiger partial charge in [-0.1, -0.05) is 51.8 Å². The summed E-state index contributed by atoms with van der Waals surface area (Å²) in [7, 11) is 0. The highest BCUT2D eigenvalue weighted by atomic mass is 16.1. The SMILES string of the molecule is CCCCCNc1nc2ccc(-c3cccc(C(=O)NCCC(C)C)c3)cc2[nH]1. The molecule has 5 heteroatoms. The van der Waals surface area contributed by atoms with Crippen LogP contribution in [0.3, 0.4) is 0 Å². The van der Waals surface area contributed by atoms with Crippen LogP contribution in [0.1, 0.15) is 56.8 Å². The molecule has 2 aromatic carbocycles. The van der Waals surface area contributed by atoms with Crippen molar-refractivity contribution in [1.82, 2.24) is 15.3 Å². The van der Waals surface area contributed by atoms with Gasteiger partial charge in [-0.25, -0.2) is 4.98 Å². The first-order valence-corrected chi connectivity index (χ1v) is 10.7. The van der Waals surface area contributed by atoms with Gasteiger partial charge in [0.25, 0.3) is 5.91 Å². The van der Waals surface area contributed by atoms with Gasteiger partial charge < -0.3 is 15.6 Å². The second-order valence-corrected chi connectivity index (χ2v) is 7.97. The van der Waals surface area contributed by atoms with Crippen molar-refractivity contribution in [3.05, 3.63) is 48.0 Å². The molecule has 0 aliphatic rings. The predicted molar refractivity (Wildman–Crippen MR) is 121 cm³/mol. The number of carbonyl (C=O) groups is 1. The Hall–Kier alpha value is -2.82. The van der Waals surface area contributed by atoms with Crippen LogP contribution in [0, 0.1) is 5.92 Å². The van der Waals surface area contributed by atoms with Crippen LogP contribution in [0.2, 0.25) is 0 Å². The molecular formula is C24H32N4O. The summed E-state index contributed by atoms with van der Waals surface area (Å²) in [6, 6.07) is 14.0. The molecule has 0 spiro atoms. The van der Waals surface area contributed by atoms with E-state index in [2.05, 4.69) is 53.5 Å². The molecule has 3 rings (SSSR count). The molecule has 0 aliphatic heterocycles. The first-order chi connectivity index (χ1) is 14.1. The van der Waals surface area contributed by atoms with Gasteiger partial charge in [-0.15, -0.1) is 0 Å². The summed E-state index contributed by atoms with van der Waals surface area (Å²) < 4.78 is 0. The number of hydrogen-bond acceptors (Lipinski definition) is 3. The summed E-state index contributed by atoms with van der Waals surface area (Å²) in [6.07, 6.45) is 4.56. The number of rotatable bonds is 10. The second-order valence-electron chi connectivity index (χ2n) is 7.97. The molecule has 0 fully saturated rings. The number of imidazole rings is 1. The lowest BCUT2D eigenvalue weighted by molar-refractivity contribution is 0.0952. The van der Waals surface area contributed by atoms with Gasteiger partial charge in [0, 0.05) is 18.7 Å². The van der Waals surface area contributed by atoms with Crippen LogP contribution in [0.15, 0.2) is 42.5 Å². The number of nitrogens with zero attached hydrogens (tertiary/aromatic N) is 1. The van der Waals surface area contributed by atoms with E-state index >= 15 is 0 Å². The molecule has 3 aromatic rings. The number of nitrogens with one attached hydrogen (secondary N) is 3. The molecule has 0 atom stereocenters. The zero-order valence-electron chi connectivity index (χ0n) is 17.7. The molecule has 1 aromatic heterocycles. The number of aromatic amines is 1. The van der Waals surface area contributed by atoms with Crippen molar-refractivity contribution in [3.8, 4) is 11.1 Å². The van der Waals surface area contributed by atoms with E-state index in [9.17, 15) is 4.79 Å². The first-order valence-electron chi connectivity index (χ1n) is 10.7. The summed E-state index contributed by atoms with van der Waals surface area (Å²) in [6.45, 7) is 8.14. The zero-order chi connectivity index (χ0) is 20.6. The molecule has 0 saturated heterocycles. The molecule has 29 heavy (non-hydrogen) atoms. The standard InChI is InChI=1S/C24H32N4O/c1-4-5-6-13-26-24-27-21-11-10-19(16-22(21)28-24)18-8-7-9-20(15-18)23(29)25-14-12-17(2)3/h7-11,15-17H,4-6,12-14H2,1-3H3,(H,25,29)(H2,26,27,28). The van der Waals surface area contributed by atoms with Gasteiger partial charge in [0.15, 0.2) is 0 Å². The highest BCUT2D eigenvalue weighted by Crippen LogP contribution is 2.25. The number of H-pyrrole nitrogens is 1. The van der Waals surface area contributed by atoms with Crippen molar-refractivity contribution in [1.29, 1.82) is 0 Å². The Morgan fingerprint density at radius 3 is 2.69 bits per heavy atom. The summed E-state index contributed by atoms with van der Waals surface area (Å²) in [5.41, 5.74) is 4.71. The number of hydrogen-bond donors (Lipinski definition) is 3. The number of carbonyl (C=O) groups excluding carboxylic acids is 1. The fourth-order valence-corrected chi connectivity index (χ4v) is 3.27. The number of benzene rings is 2. The van der Waals surface area contributed by atoms with E-state index < -0.39 is 0 Å². The third-order valence-electron chi connectivity index (χ3n) is 5.02. The van der Waals surface area contributed by atoms with Crippen molar-refractivity contribution in [3.63, 3.8) is 0 Å². The van der Waals surface area contributed by atoms with E-state index in [1.807, 2.05) is 30.3 Å². The molecule has 0 unspecified atom stereocenters.